The number of fused-ring (bicyclic) bond motifs is 2. The minimum atomic E-state index is -0.542. The van der Waals surface area contributed by atoms with E-state index >= 15 is 0 Å². The highest BCUT2D eigenvalue weighted by Crippen LogP contribution is 2.44. The van der Waals surface area contributed by atoms with Crippen LogP contribution in [0.1, 0.15) is 63.5 Å². The number of nitrogens with zero attached hydrogens (tertiary/aromatic N) is 2. The van der Waals surface area contributed by atoms with Gasteiger partial charge in [0.1, 0.15) is 0 Å². The number of benzene rings is 1. The van der Waals surface area contributed by atoms with E-state index in [0.29, 0.717) is 25.7 Å². The molecule has 31 heavy (non-hydrogen) atoms. The quantitative estimate of drug-likeness (QED) is 0.759. The Balaban J connectivity index is 1.46. The van der Waals surface area contributed by atoms with E-state index < -0.39 is 11.4 Å². The van der Waals surface area contributed by atoms with Gasteiger partial charge in [0.05, 0.1) is 5.41 Å². The van der Waals surface area contributed by atoms with Gasteiger partial charge in [-0.05, 0) is 74.6 Å². The highest BCUT2D eigenvalue weighted by molar-refractivity contribution is 5.90. The topological polar surface area (TPSA) is 78.7 Å². The first kappa shape index (κ1) is 22.1. The maximum absolute atomic E-state index is 13.7. The molecule has 1 aromatic carbocycles. The van der Waals surface area contributed by atoms with Crippen LogP contribution in [0.25, 0.3) is 0 Å². The van der Waals surface area contributed by atoms with Crippen LogP contribution >= 0.6 is 0 Å². The van der Waals surface area contributed by atoms with Gasteiger partial charge in [0.25, 0.3) is 0 Å². The van der Waals surface area contributed by atoms with Gasteiger partial charge in [0.15, 0.2) is 0 Å². The molecule has 1 saturated heterocycles. The molecule has 0 radical (unpaired) electrons. The molecule has 3 amide bonds. The molecule has 0 bridgehead atoms. The first-order valence-electron chi connectivity index (χ1n) is 12.1. The Kier molecular flexibility index (Phi) is 6.56. The zero-order chi connectivity index (χ0) is 22.0. The second-order valence-electron chi connectivity index (χ2n) is 10.1. The molecule has 1 aromatic rings. The predicted octanol–water partition coefficient (Wildman–Crippen LogP) is 3.25. The van der Waals surface area contributed by atoms with Gasteiger partial charge in [0.2, 0.25) is 5.91 Å². The summed E-state index contributed by atoms with van der Waals surface area (Å²) in [5, 5.41) is 2.63. The lowest BCUT2D eigenvalue weighted by Crippen LogP contribution is -2.58. The maximum Gasteiger partial charge on any atom is 0.312 e. The zero-order valence-corrected chi connectivity index (χ0v) is 19.1. The molecule has 4 rings (SSSR count). The number of rotatable bonds is 5. The summed E-state index contributed by atoms with van der Waals surface area (Å²) < 4.78 is 0. The third kappa shape index (κ3) is 4.45. The monoisotopic (exact) mass is 426 g/mol. The lowest BCUT2D eigenvalue weighted by molar-refractivity contribution is -0.142. The zero-order valence-electron chi connectivity index (χ0n) is 19.1. The van der Waals surface area contributed by atoms with Crippen molar-refractivity contribution in [3.05, 3.63) is 35.4 Å². The van der Waals surface area contributed by atoms with Gasteiger partial charge in [0, 0.05) is 25.7 Å². The van der Waals surface area contributed by atoms with E-state index in [4.69, 9.17) is 5.73 Å². The normalized spacial score (nSPS) is 26.2. The summed E-state index contributed by atoms with van der Waals surface area (Å²) in [7, 11) is 0. The highest BCUT2D eigenvalue weighted by atomic mass is 16.2. The van der Waals surface area contributed by atoms with Crippen molar-refractivity contribution >= 4 is 11.9 Å². The van der Waals surface area contributed by atoms with Crippen molar-refractivity contribution in [2.75, 3.05) is 26.2 Å². The number of primary amides is 1. The van der Waals surface area contributed by atoms with Crippen LogP contribution in [0.15, 0.2) is 24.3 Å². The molecule has 0 aromatic heterocycles. The number of hydrogen-bond donors (Lipinski definition) is 2. The van der Waals surface area contributed by atoms with Crippen molar-refractivity contribution in [1.29, 1.82) is 0 Å². The second kappa shape index (κ2) is 9.19. The van der Waals surface area contributed by atoms with Gasteiger partial charge in [-0.1, -0.05) is 38.1 Å². The minimum Gasteiger partial charge on any atom is -0.352 e. The van der Waals surface area contributed by atoms with E-state index in [1.165, 1.54) is 36.8 Å². The number of amides is 3. The van der Waals surface area contributed by atoms with Crippen molar-refractivity contribution in [3.8, 4) is 0 Å². The van der Waals surface area contributed by atoms with Gasteiger partial charge in [-0.15, -0.1) is 0 Å². The molecule has 2 fully saturated rings. The largest absolute Gasteiger partial charge is 0.352 e. The van der Waals surface area contributed by atoms with Crippen LogP contribution in [0.5, 0.6) is 0 Å². The van der Waals surface area contributed by atoms with Gasteiger partial charge in [-0.25, -0.2) is 4.79 Å². The van der Waals surface area contributed by atoms with Crippen LogP contribution in [0.2, 0.25) is 0 Å². The molecule has 1 saturated carbocycles. The number of piperidine rings is 1. The summed E-state index contributed by atoms with van der Waals surface area (Å²) in [6.45, 7) is 8.19. The molecule has 1 spiro atoms. The fraction of sp³-hybridized carbons (Fsp3) is 0.680. The van der Waals surface area contributed by atoms with Crippen LogP contribution in [0.3, 0.4) is 0 Å². The van der Waals surface area contributed by atoms with Crippen molar-refractivity contribution in [2.24, 2.45) is 17.6 Å². The number of nitrogens with two attached hydrogens (primary N) is 1. The summed E-state index contributed by atoms with van der Waals surface area (Å²) in [4.78, 5) is 29.3. The summed E-state index contributed by atoms with van der Waals surface area (Å²) in [6, 6.07) is 8.58. The molecule has 1 aliphatic carbocycles. The summed E-state index contributed by atoms with van der Waals surface area (Å²) in [5.41, 5.74) is 7.25. The van der Waals surface area contributed by atoms with E-state index in [1.807, 2.05) is 4.90 Å². The fourth-order valence-electron chi connectivity index (χ4n) is 6.20. The van der Waals surface area contributed by atoms with Gasteiger partial charge < -0.3 is 20.9 Å². The summed E-state index contributed by atoms with van der Waals surface area (Å²) in [6.07, 6.45) is 7.04. The van der Waals surface area contributed by atoms with Crippen molar-refractivity contribution in [3.63, 3.8) is 0 Å². The van der Waals surface area contributed by atoms with Crippen LogP contribution in [-0.4, -0.2) is 54.0 Å². The minimum absolute atomic E-state index is 0.223. The Morgan fingerprint density at radius 2 is 1.84 bits per heavy atom. The Morgan fingerprint density at radius 3 is 2.48 bits per heavy atom. The average molecular weight is 427 g/mol. The van der Waals surface area contributed by atoms with Gasteiger partial charge in [-0.3, -0.25) is 4.79 Å². The molecule has 2 heterocycles. The molecule has 0 atom stereocenters. The Morgan fingerprint density at radius 1 is 1.16 bits per heavy atom. The number of likely N-dealkylation sites (tertiary alicyclic amines) is 1. The lowest BCUT2D eigenvalue weighted by Gasteiger charge is -2.49. The highest BCUT2D eigenvalue weighted by Gasteiger charge is 2.49. The van der Waals surface area contributed by atoms with Gasteiger partial charge >= 0.3 is 6.03 Å². The molecule has 170 valence electrons. The van der Waals surface area contributed by atoms with E-state index in [0.717, 1.165) is 37.8 Å². The Bertz CT molecular complexity index is 792. The third-order valence-electron chi connectivity index (χ3n) is 8.12. The average Bonchev–Trinajstić information content (AvgIpc) is 2.77. The van der Waals surface area contributed by atoms with E-state index in [9.17, 15) is 9.59 Å². The number of nitrogens with one attached hydrogen (secondary N) is 1. The molecule has 0 unspecified atom stereocenters. The van der Waals surface area contributed by atoms with Crippen molar-refractivity contribution < 1.29 is 9.59 Å². The SMILES string of the molecule is CC(C)C1CCC(N2CCC3(CC2)C(=O)N(CCNC(N)=O)Cc2ccccc23)CC1. The van der Waals surface area contributed by atoms with E-state index in [1.54, 1.807) is 0 Å². The van der Waals surface area contributed by atoms with Crippen LogP contribution in [-0.2, 0) is 16.8 Å². The smallest absolute Gasteiger partial charge is 0.312 e. The number of urea groups is 1. The van der Waals surface area contributed by atoms with Crippen molar-refractivity contribution in [1.82, 2.24) is 15.1 Å². The Labute approximate surface area is 186 Å². The fourth-order valence-corrected chi connectivity index (χ4v) is 6.20. The second-order valence-corrected chi connectivity index (χ2v) is 10.1. The molecule has 3 N–H and O–H groups in total. The molecule has 3 aliphatic rings. The maximum atomic E-state index is 13.7. The molecular formula is C25H38N4O2. The van der Waals surface area contributed by atoms with Crippen LogP contribution < -0.4 is 11.1 Å². The molecular weight excluding hydrogens is 388 g/mol. The predicted molar refractivity (Wildman–Crippen MR) is 123 cm³/mol. The van der Waals surface area contributed by atoms with Crippen LogP contribution in [0, 0.1) is 11.8 Å². The molecule has 6 heteroatoms. The van der Waals surface area contributed by atoms with Crippen LogP contribution in [0.4, 0.5) is 4.79 Å². The Hall–Kier alpha value is -2.08. The first-order chi connectivity index (χ1) is 14.9. The number of carbonyl (C=O) groups excluding carboxylic acids is 2. The first-order valence-corrected chi connectivity index (χ1v) is 12.1. The van der Waals surface area contributed by atoms with E-state index in [2.05, 4.69) is 48.3 Å². The standard InChI is InChI=1S/C25H38N4O2/c1-18(2)19-7-9-21(10-8-19)28-14-11-25(12-15-28)22-6-4-3-5-20(22)17-29(23(25)30)16-13-27-24(26)31/h3-6,18-19,21H,7-17H2,1-2H3,(H3,26,27,31). The van der Waals surface area contributed by atoms with Crippen molar-refractivity contribution in [2.45, 2.75) is 70.4 Å². The molecule has 2 aliphatic heterocycles. The lowest BCUT2D eigenvalue weighted by atomic mass is 9.67. The summed E-state index contributed by atoms with van der Waals surface area (Å²) in [5.74, 6) is 1.89. The summed E-state index contributed by atoms with van der Waals surface area (Å²) >= 11 is 0. The number of hydrogen-bond acceptors (Lipinski definition) is 3. The number of carbonyl (C=O) groups is 2. The van der Waals surface area contributed by atoms with E-state index in [-0.39, 0.29) is 5.91 Å². The van der Waals surface area contributed by atoms with Gasteiger partial charge in [-0.2, -0.15) is 0 Å². The third-order valence-corrected chi connectivity index (χ3v) is 8.12. The molecule has 6 nitrogen and oxygen atoms in total.